The van der Waals surface area contributed by atoms with Crippen LogP contribution in [0.15, 0.2) is 0 Å². The minimum Gasteiger partial charge on any atom is -0.458 e. The lowest BCUT2D eigenvalue weighted by Crippen LogP contribution is -2.70. The molecule has 4 aliphatic rings. The summed E-state index contributed by atoms with van der Waals surface area (Å²) in [4.78, 5) is 13.1. The Kier molecular flexibility index (Phi) is 5.35. The summed E-state index contributed by atoms with van der Waals surface area (Å²) >= 11 is 0. The van der Waals surface area contributed by atoms with Crippen LogP contribution in [0.4, 0.5) is 0 Å². The fourth-order valence-electron chi connectivity index (χ4n) is 6.30. The van der Waals surface area contributed by atoms with Gasteiger partial charge in [-0.1, -0.05) is 6.92 Å². The summed E-state index contributed by atoms with van der Waals surface area (Å²) in [6.45, 7) is 19.7. The van der Waals surface area contributed by atoms with Gasteiger partial charge in [0.1, 0.15) is 5.60 Å². The molecule has 4 bridgehead atoms. The third-order valence-electron chi connectivity index (χ3n) is 6.71. The summed E-state index contributed by atoms with van der Waals surface area (Å²) in [6, 6.07) is 0. The maximum Gasteiger partial charge on any atom is 0.312 e. The predicted molar refractivity (Wildman–Crippen MR) is 118 cm³/mol. The van der Waals surface area contributed by atoms with Crippen LogP contribution in [-0.2, 0) is 18.4 Å². The number of esters is 1. The highest BCUT2D eigenvalue weighted by atomic mass is 28.4. The van der Waals surface area contributed by atoms with Crippen molar-refractivity contribution in [1.82, 2.24) is 0 Å². The van der Waals surface area contributed by atoms with Crippen molar-refractivity contribution in [2.24, 2.45) is 11.3 Å². The quantitative estimate of drug-likeness (QED) is 0.376. The van der Waals surface area contributed by atoms with Crippen LogP contribution in [0.3, 0.4) is 0 Å². The highest BCUT2D eigenvalue weighted by molar-refractivity contribution is 6.70. The molecule has 4 saturated carbocycles. The minimum absolute atomic E-state index is 0.0525. The summed E-state index contributed by atoms with van der Waals surface area (Å²) in [7, 11) is -3.47. The van der Waals surface area contributed by atoms with Crippen molar-refractivity contribution in [2.75, 3.05) is 0 Å². The maximum atomic E-state index is 13.1. The van der Waals surface area contributed by atoms with E-state index in [1.165, 1.54) is 0 Å². The zero-order valence-corrected chi connectivity index (χ0v) is 21.7. The molecule has 4 nitrogen and oxygen atoms in total. The molecule has 0 amide bonds. The van der Waals surface area contributed by atoms with Gasteiger partial charge < -0.3 is 13.6 Å². The third-order valence-corrected chi connectivity index (χ3v) is 8.80. The second-order valence-corrected chi connectivity index (χ2v) is 21.5. The van der Waals surface area contributed by atoms with Crippen LogP contribution in [0.25, 0.3) is 0 Å². The molecule has 4 rings (SSSR count). The van der Waals surface area contributed by atoms with E-state index < -0.39 is 27.7 Å². The lowest BCUT2D eigenvalue weighted by molar-refractivity contribution is -0.255. The first-order chi connectivity index (χ1) is 12.5. The average Bonchev–Trinajstić information content (AvgIpc) is 2.39. The molecular weight excluding hydrogens is 384 g/mol. The van der Waals surface area contributed by atoms with Gasteiger partial charge in [-0.3, -0.25) is 4.79 Å². The first-order valence-electron chi connectivity index (χ1n) is 11.1. The normalized spacial score (nSPS) is 38.0. The van der Waals surface area contributed by atoms with Crippen molar-refractivity contribution < 1.29 is 18.4 Å². The molecule has 4 aliphatic carbocycles. The molecule has 0 saturated heterocycles. The van der Waals surface area contributed by atoms with Crippen LogP contribution in [0.5, 0.6) is 0 Å². The van der Waals surface area contributed by atoms with Crippen molar-refractivity contribution in [3.05, 3.63) is 0 Å². The van der Waals surface area contributed by atoms with Gasteiger partial charge in [-0.05, 0) is 84.7 Å². The largest absolute Gasteiger partial charge is 0.458 e. The molecule has 0 N–H and O–H groups in total. The fourth-order valence-corrected chi connectivity index (χ4v) is 9.35. The van der Waals surface area contributed by atoms with E-state index in [0.717, 1.165) is 44.9 Å². The first-order valence-corrected chi connectivity index (χ1v) is 18.0. The molecule has 0 spiro atoms. The van der Waals surface area contributed by atoms with Crippen molar-refractivity contribution in [2.45, 2.75) is 122 Å². The standard InChI is InChI=1S/C22H42O4Si2/c1-10-19(2,3)18(23)24-20-11-17-12-21(14-20,25-27(4,5)6)16-22(13-17,15-20)26-28(7,8)9/h17H,10-16H2,1-9H3. The van der Waals surface area contributed by atoms with Gasteiger partial charge >= 0.3 is 5.97 Å². The molecule has 28 heavy (non-hydrogen) atoms. The van der Waals surface area contributed by atoms with Crippen LogP contribution in [0.1, 0.15) is 65.7 Å². The van der Waals surface area contributed by atoms with E-state index in [4.69, 9.17) is 13.6 Å². The highest BCUT2D eigenvalue weighted by Gasteiger charge is 2.67. The number of ether oxygens (including phenoxy) is 1. The minimum atomic E-state index is -1.74. The Morgan fingerprint density at radius 1 is 0.857 bits per heavy atom. The van der Waals surface area contributed by atoms with E-state index in [1.54, 1.807) is 0 Å². The lowest BCUT2D eigenvalue weighted by atomic mass is 9.50. The zero-order chi connectivity index (χ0) is 21.2. The number of rotatable bonds is 7. The van der Waals surface area contributed by atoms with Gasteiger partial charge in [-0.25, -0.2) is 0 Å². The summed E-state index contributed by atoms with van der Waals surface area (Å²) < 4.78 is 20.2. The number of hydrogen-bond acceptors (Lipinski definition) is 4. The molecule has 0 aromatic heterocycles. The smallest absolute Gasteiger partial charge is 0.312 e. The maximum absolute atomic E-state index is 13.1. The van der Waals surface area contributed by atoms with Gasteiger partial charge in [0.2, 0.25) is 0 Å². The van der Waals surface area contributed by atoms with E-state index in [2.05, 4.69) is 46.2 Å². The Bertz CT molecular complexity index is 599. The van der Waals surface area contributed by atoms with E-state index in [-0.39, 0.29) is 17.2 Å². The highest BCUT2D eigenvalue weighted by Crippen LogP contribution is 2.64. The van der Waals surface area contributed by atoms with Crippen molar-refractivity contribution in [3.63, 3.8) is 0 Å². The number of carbonyl (C=O) groups excluding carboxylic acids is 1. The molecule has 0 radical (unpaired) electrons. The van der Waals surface area contributed by atoms with Gasteiger partial charge in [-0.15, -0.1) is 0 Å². The Morgan fingerprint density at radius 3 is 1.64 bits per heavy atom. The number of hydrogen-bond donors (Lipinski definition) is 0. The fraction of sp³-hybridized carbons (Fsp3) is 0.955. The molecule has 6 heteroatoms. The van der Waals surface area contributed by atoms with E-state index in [0.29, 0.717) is 5.92 Å². The van der Waals surface area contributed by atoms with Crippen LogP contribution in [0.2, 0.25) is 39.3 Å². The molecular formula is C22H42O4Si2. The molecule has 0 heterocycles. The molecule has 2 unspecified atom stereocenters. The van der Waals surface area contributed by atoms with Crippen LogP contribution in [-0.4, -0.2) is 39.4 Å². The summed E-state index contributed by atoms with van der Waals surface area (Å²) in [5.41, 5.74) is -1.22. The topological polar surface area (TPSA) is 44.8 Å². The molecule has 0 aromatic carbocycles. The monoisotopic (exact) mass is 426 g/mol. The molecule has 4 fully saturated rings. The van der Waals surface area contributed by atoms with Crippen molar-refractivity contribution >= 4 is 22.6 Å². The Morgan fingerprint density at radius 2 is 1.25 bits per heavy atom. The van der Waals surface area contributed by atoms with E-state index >= 15 is 0 Å². The lowest BCUT2D eigenvalue weighted by Gasteiger charge is -2.66. The summed E-state index contributed by atoms with van der Waals surface area (Å²) in [6.07, 6.45) is 6.65. The van der Waals surface area contributed by atoms with E-state index in [9.17, 15) is 4.79 Å². The molecule has 0 aromatic rings. The number of carbonyl (C=O) groups is 1. The van der Waals surface area contributed by atoms with Gasteiger partial charge in [0.05, 0.1) is 16.6 Å². The van der Waals surface area contributed by atoms with Gasteiger partial charge in [0.25, 0.3) is 0 Å². The Labute approximate surface area is 174 Å². The van der Waals surface area contributed by atoms with Crippen molar-refractivity contribution in [1.29, 1.82) is 0 Å². The Hall–Kier alpha value is -0.176. The summed E-state index contributed by atoms with van der Waals surface area (Å²) in [5.74, 6) is 0.477. The van der Waals surface area contributed by atoms with Crippen LogP contribution in [0, 0.1) is 11.3 Å². The second kappa shape index (κ2) is 6.66. The van der Waals surface area contributed by atoms with Crippen LogP contribution >= 0.6 is 0 Å². The SMILES string of the molecule is CCC(C)(C)C(=O)OC12CC3CC(O[Si](C)(C)C)(C1)CC(O[Si](C)(C)C)(C3)C2. The van der Waals surface area contributed by atoms with Gasteiger partial charge in [0.15, 0.2) is 16.6 Å². The first kappa shape index (κ1) is 22.5. The van der Waals surface area contributed by atoms with Crippen molar-refractivity contribution in [3.8, 4) is 0 Å². The average molecular weight is 427 g/mol. The Balaban J connectivity index is 1.96. The van der Waals surface area contributed by atoms with E-state index in [1.807, 2.05) is 13.8 Å². The predicted octanol–water partition coefficient (Wildman–Crippen LogP) is 5.88. The van der Waals surface area contributed by atoms with Gasteiger partial charge in [-0.2, -0.15) is 0 Å². The van der Waals surface area contributed by atoms with Crippen LogP contribution < -0.4 is 0 Å². The zero-order valence-electron chi connectivity index (χ0n) is 19.7. The molecule has 2 atom stereocenters. The third kappa shape index (κ3) is 4.60. The molecule has 162 valence electrons. The van der Waals surface area contributed by atoms with Gasteiger partial charge in [0, 0.05) is 19.3 Å². The molecule has 0 aliphatic heterocycles. The second-order valence-electron chi connectivity index (χ2n) is 12.6. The summed E-state index contributed by atoms with van der Waals surface area (Å²) in [5, 5.41) is 0.